The van der Waals surface area contributed by atoms with Crippen molar-refractivity contribution in [2.75, 3.05) is 5.75 Å². The summed E-state index contributed by atoms with van der Waals surface area (Å²) in [6.07, 6.45) is 6.48. The van der Waals surface area contributed by atoms with E-state index in [1.54, 1.807) is 0 Å². The van der Waals surface area contributed by atoms with Gasteiger partial charge in [-0.1, -0.05) is 45.4 Å². The third-order valence-corrected chi connectivity index (χ3v) is 4.92. The van der Waals surface area contributed by atoms with E-state index in [2.05, 4.69) is 39.9 Å². The van der Waals surface area contributed by atoms with Crippen LogP contribution in [-0.2, 0) is 0 Å². The monoisotopic (exact) mass is 268 g/mol. The van der Waals surface area contributed by atoms with Crippen LogP contribution in [0.15, 0.2) is 4.99 Å². The van der Waals surface area contributed by atoms with E-state index in [-0.39, 0.29) is 5.54 Å². The van der Waals surface area contributed by atoms with Crippen molar-refractivity contribution < 1.29 is 0 Å². The van der Waals surface area contributed by atoms with Crippen molar-refractivity contribution in [2.24, 2.45) is 10.4 Å². The Hall–Kier alpha value is -0.180. The third-order valence-electron chi connectivity index (χ3n) is 3.77. The van der Waals surface area contributed by atoms with E-state index >= 15 is 0 Å². The smallest absolute Gasteiger partial charge is 0.157 e. The molecule has 1 heterocycles. The summed E-state index contributed by atoms with van der Waals surface area (Å²) in [4.78, 5) is 5.00. The lowest BCUT2D eigenvalue weighted by Crippen LogP contribution is -2.44. The molecule has 1 aliphatic heterocycles. The molecule has 1 spiro atoms. The van der Waals surface area contributed by atoms with Gasteiger partial charge < -0.3 is 5.32 Å². The van der Waals surface area contributed by atoms with Crippen molar-refractivity contribution in [1.29, 1.82) is 0 Å². The molecule has 1 saturated carbocycles. The van der Waals surface area contributed by atoms with E-state index in [4.69, 9.17) is 4.99 Å². The maximum absolute atomic E-state index is 5.00. The number of thioether (sulfide) groups is 1. The van der Waals surface area contributed by atoms with Crippen molar-refractivity contribution in [2.45, 2.75) is 77.8 Å². The minimum atomic E-state index is 0.133. The number of amidine groups is 1. The molecule has 0 aromatic heterocycles. The first kappa shape index (κ1) is 14.2. The van der Waals surface area contributed by atoms with E-state index < -0.39 is 0 Å². The highest BCUT2D eigenvalue weighted by Gasteiger charge is 2.39. The van der Waals surface area contributed by atoms with Crippen molar-refractivity contribution in [3.63, 3.8) is 0 Å². The fourth-order valence-corrected chi connectivity index (χ4v) is 4.86. The third kappa shape index (κ3) is 3.66. The molecular formula is C15H28N2S. The van der Waals surface area contributed by atoms with Crippen LogP contribution in [0.5, 0.6) is 0 Å². The molecule has 104 valence electrons. The minimum absolute atomic E-state index is 0.133. The Balaban J connectivity index is 1.97. The van der Waals surface area contributed by atoms with Crippen LogP contribution in [0.1, 0.15) is 66.7 Å². The van der Waals surface area contributed by atoms with Gasteiger partial charge >= 0.3 is 0 Å². The van der Waals surface area contributed by atoms with Crippen LogP contribution < -0.4 is 5.32 Å². The predicted molar refractivity (Wildman–Crippen MR) is 82.4 cm³/mol. The van der Waals surface area contributed by atoms with E-state index in [9.17, 15) is 0 Å². The Morgan fingerprint density at radius 1 is 1.17 bits per heavy atom. The molecule has 18 heavy (non-hydrogen) atoms. The highest BCUT2D eigenvalue weighted by Crippen LogP contribution is 2.41. The second-order valence-electron chi connectivity index (χ2n) is 7.88. The van der Waals surface area contributed by atoms with Gasteiger partial charge in [-0.2, -0.15) is 0 Å². The number of hydrogen-bond acceptors (Lipinski definition) is 3. The first-order valence-corrected chi connectivity index (χ1v) is 8.19. The van der Waals surface area contributed by atoms with Crippen molar-refractivity contribution in [3.8, 4) is 0 Å². The second-order valence-corrected chi connectivity index (χ2v) is 8.85. The average Bonchev–Trinajstić information content (AvgIpc) is 2.73. The number of aliphatic imine (C=N–C) groups is 1. The molecule has 1 fully saturated rings. The SMILES string of the molecule is CC(C)(C)CC(C)(C)NC1=NC2(CCCC2)CS1. The molecule has 0 atom stereocenters. The Morgan fingerprint density at radius 3 is 2.33 bits per heavy atom. The van der Waals surface area contributed by atoms with Crippen LogP contribution >= 0.6 is 11.8 Å². The van der Waals surface area contributed by atoms with Gasteiger partial charge in [0.25, 0.3) is 0 Å². The Labute approximate surface area is 116 Å². The fourth-order valence-electron chi connectivity index (χ4n) is 3.50. The maximum atomic E-state index is 5.00. The van der Waals surface area contributed by atoms with Gasteiger partial charge in [-0.05, 0) is 38.5 Å². The van der Waals surface area contributed by atoms with Gasteiger partial charge in [0, 0.05) is 11.3 Å². The molecule has 3 heteroatoms. The molecule has 0 amide bonds. The molecule has 2 rings (SSSR count). The standard InChI is InChI=1S/C15H28N2S/c1-13(2,3)10-14(4,5)16-12-17-15(11-18-12)8-6-7-9-15/h6-11H2,1-5H3,(H,16,17). The zero-order valence-corrected chi connectivity index (χ0v) is 13.4. The summed E-state index contributed by atoms with van der Waals surface area (Å²) in [5.41, 5.74) is 0.782. The summed E-state index contributed by atoms with van der Waals surface area (Å²) >= 11 is 1.93. The predicted octanol–water partition coefficient (Wildman–Crippen LogP) is 4.21. The summed E-state index contributed by atoms with van der Waals surface area (Å²) in [6, 6.07) is 0. The first-order valence-electron chi connectivity index (χ1n) is 7.21. The zero-order valence-electron chi connectivity index (χ0n) is 12.6. The minimum Gasteiger partial charge on any atom is -0.360 e. The van der Waals surface area contributed by atoms with Gasteiger partial charge in [-0.3, -0.25) is 4.99 Å². The normalized spacial score (nSPS) is 23.5. The summed E-state index contributed by atoms with van der Waals surface area (Å²) in [5, 5.41) is 4.86. The molecule has 0 unspecified atom stereocenters. The number of hydrogen-bond donors (Lipinski definition) is 1. The topological polar surface area (TPSA) is 24.4 Å². The molecule has 0 aromatic carbocycles. The molecule has 2 aliphatic rings. The second kappa shape index (κ2) is 4.73. The van der Waals surface area contributed by atoms with E-state index in [1.165, 1.54) is 36.6 Å². The molecule has 0 radical (unpaired) electrons. The van der Waals surface area contributed by atoms with Crippen molar-refractivity contribution in [3.05, 3.63) is 0 Å². The highest BCUT2D eigenvalue weighted by molar-refractivity contribution is 8.14. The maximum Gasteiger partial charge on any atom is 0.157 e. The van der Waals surface area contributed by atoms with E-state index in [0.717, 1.165) is 6.42 Å². The Morgan fingerprint density at radius 2 is 1.78 bits per heavy atom. The first-order chi connectivity index (χ1) is 8.20. The Bertz CT molecular complexity index is 333. The molecular weight excluding hydrogens is 240 g/mol. The van der Waals surface area contributed by atoms with E-state index in [0.29, 0.717) is 11.0 Å². The average molecular weight is 268 g/mol. The van der Waals surface area contributed by atoms with Crippen molar-refractivity contribution >= 4 is 16.9 Å². The van der Waals surface area contributed by atoms with Crippen LogP contribution in [0.4, 0.5) is 0 Å². The van der Waals surface area contributed by atoms with Gasteiger partial charge in [-0.25, -0.2) is 0 Å². The van der Waals surface area contributed by atoms with Gasteiger partial charge in [0.2, 0.25) is 0 Å². The molecule has 0 bridgehead atoms. The summed E-state index contributed by atoms with van der Waals surface area (Å²) in [7, 11) is 0. The van der Waals surface area contributed by atoms with Gasteiger partial charge in [-0.15, -0.1) is 0 Å². The lowest BCUT2D eigenvalue weighted by Gasteiger charge is -2.33. The zero-order chi connectivity index (χ0) is 13.4. The van der Waals surface area contributed by atoms with Gasteiger partial charge in [0.15, 0.2) is 5.17 Å². The molecule has 0 aromatic rings. The van der Waals surface area contributed by atoms with Crippen LogP contribution in [-0.4, -0.2) is 22.0 Å². The van der Waals surface area contributed by atoms with Gasteiger partial charge in [0.05, 0.1) is 5.54 Å². The molecule has 2 nitrogen and oxygen atoms in total. The molecule has 1 N–H and O–H groups in total. The largest absolute Gasteiger partial charge is 0.360 e. The quantitative estimate of drug-likeness (QED) is 0.811. The number of nitrogens with zero attached hydrogens (tertiary/aromatic N) is 1. The van der Waals surface area contributed by atoms with Crippen LogP contribution in [0, 0.1) is 5.41 Å². The highest BCUT2D eigenvalue weighted by atomic mass is 32.2. The Kier molecular flexibility index (Phi) is 3.74. The summed E-state index contributed by atoms with van der Waals surface area (Å²) < 4.78 is 0. The molecule has 0 saturated heterocycles. The molecule has 1 aliphatic carbocycles. The van der Waals surface area contributed by atoms with Crippen LogP contribution in [0.3, 0.4) is 0 Å². The van der Waals surface area contributed by atoms with Crippen LogP contribution in [0.25, 0.3) is 0 Å². The van der Waals surface area contributed by atoms with E-state index in [1.807, 2.05) is 11.8 Å². The number of nitrogens with one attached hydrogen (secondary N) is 1. The van der Waals surface area contributed by atoms with Gasteiger partial charge in [0.1, 0.15) is 0 Å². The van der Waals surface area contributed by atoms with Crippen LogP contribution in [0.2, 0.25) is 0 Å². The number of rotatable bonds is 2. The van der Waals surface area contributed by atoms with Crippen molar-refractivity contribution in [1.82, 2.24) is 5.32 Å². The summed E-state index contributed by atoms with van der Waals surface area (Å²) in [6.45, 7) is 11.5. The lowest BCUT2D eigenvalue weighted by atomic mass is 9.82. The fraction of sp³-hybridized carbons (Fsp3) is 0.933. The summed E-state index contributed by atoms with van der Waals surface area (Å²) in [5.74, 6) is 1.20. The lowest BCUT2D eigenvalue weighted by molar-refractivity contribution is 0.268.